The highest BCUT2D eigenvalue weighted by molar-refractivity contribution is 7.92. The van der Waals surface area contributed by atoms with Crippen LogP contribution >= 0.6 is 0 Å². The number of hydrogen-bond donors (Lipinski definition) is 1. The maximum absolute atomic E-state index is 13.0. The van der Waals surface area contributed by atoms with Gasteiger partial charge in [-0.2, -0.15) is 0 Å². The number of rotatable bonds is 7. The number of carbonyl (C=O) groups is 1. The molecule has 0 spiro atoms. The number of amides is 1. The van der Waals surface area contributed by atoms with Gasteiger partial charge in [-0.3, -0.25) is 9.10 Å². The van der Waals surface area contributed by atoms with Crippen molar-refractivity contribution >= 4 is 21.6 Å². The number of fused-ring (bicyclic) bond motifs is 1. The topological polar surface area (TPSA) is 66.5 Å². The van der Waals surface area contributed by atoms with Crippen molar-refractivity contribution in [3.05, 3.63) is 64.7 Å². The van der Waals surface area contributed by atoms with E-state index in [0.29, 0.717) is 5.69 Å². The summed E-state index contributed by atoms with van der Waals surface area (Å²) in [6.07, 6.45) is 12.6. The summed E-state index contributed by atoms with van der Waals surface area (Å²) in [7, 11) is -3.61. The second kappa shape index (κ2) is 8.90. The molecular weight excluding hydrogens is 468 g/mol. The van der Waals surface area contributed by atoms with Crippen molar-refractivity contribution in [1.82, 2.24) is 5.32 Å². The van der Waals surface area contributed by atoms with Gasteiger partial charge in [-0.1, -0.05) is 30.3 Å². The Balaban J connectivity index is 1.17. The van der Waals surface area contributed by atoms with Crippen LogP contribution in [0.1, 0.15) is 80.2 Å². The van der Waals surface area contributed by atoms with Gasteiger partial charge in [-0.25, -0.2) is 8.42 Å². The van der Waals surface area contributed by atoms with Crippen LogP contribution in [0.15, 0.2) is 42.5 Å². The molecule has 36 heavy (non-hydrogen) atoms. The quantitative estimate of drug-likeness (QED) is 0.555. The van der Waals surface area contributed by atoms with Crippen LogP contribution in [0, 0.1) is 17.8 Å². The van der Waals surface area contributed by atoms with Crippen molar-refractivity contribution in [2.45, 2.75) is 76.2 Å². The van der Waals surface area contributed by atoms with Crippen molar-refractivity contribution in [2.24, 2.45) is 17.8 Å². The lowest BCUT2D eigenvalue weighted by atomic mass is 9.48. The molecule has 1 N–H and O–H groups in total. The van der Waals surface area contributed by atoms with Gasteiger partial charge >= 0.3 is 0 Å². The van der Waals surface area contributed by atoms with E-state index < -0.39 is 10.0 Å². The molecule has 1 unspecified atom stereocenters. The Morgan fingerprint density at radius 2 is 1.58 bits per heavy atom. The number of hydrogen-bond acceptors (Lipinski definition) is 3. The molecule has 5 aliphatic carbocycles. The monoisotopic (exact) mass is 506 g/mol. The van der Waals surface area contributed by atoms with Crippen LogP contribution in [-0.2, 0) is 33.1 Å². The second-order valence-corrected chi connectivity index (χ2v) is 14.1. The Morgan fingerprint density at radius 3 is 2.19 bits per heavy atom. The van der Waals surface area contributed by atoms with Crippen LogP contribution in [0.25, 0.3) is 0 Å². The second-order valence-electron chi connectivity index (χ2n) is 12.2. The SMILES string of the molecule is CC(NC(=O)CN(c1ccc(C23CC4CC(CC(C4)C2)C3)cc1)S(C)(=O)=O)c1ccc2c(c1)CCC2. The number of sulfonamides is 1. The molecule has 5 nitrogen and oxygen atoms in total. The summed E-state index contributed by atoms with van der Waals surface area (Å²) in [4.78, 5) is 13.0. The van der Waals surface area contributed by atoms with Crippen molar-refractivity contribution < 1.29 is 13.2 Å². The molecule has 0 aliphatic heterocycles. The number of carbonyl (C=O) groups excluding carboxylic acids is 1. The number of benzene rings is 2. The van der Waals surface area contributed by atoms with Gasteiger partial charge in [0, 0.05) is 0 Å². The van der Waals surface area contributed by atoms with Gasteiger partial charge in [0.05, 0.1) is 18.0 Å². The summed E-state index contributed by atoms with van der Waals surface area (Å²) in [6, 6.07) is 14.3. The molecule has 2 aromatic carbocycles. The van der Waals surface area contributed by atoms with E-state index in [0.717, 1.165) is 36.2 Å². The van der Waals surface area contributed by atoms with Crippen molar-refractivity contribution in [3.63, 3.8) is 0 Å². The summed E-state index contributed by atoms with van der Waals surface area (Å²) in [5.41, 5.74) is 6.02. The molecule has 192 valence electrons. The first kappa shape index (κ1) is 24.0. The first-order chi connectivity index (χ1) is 17.2. The molecule has 0 saturated heterocycles. The van der Waals surface area contributed by atoms with Gasteiger partial charge in [0.25, 0.3) is 0 Å². The van der Waals surface area contributed by atoms with Crippen LogP contribution < -0.4 is 9.62 Å². The van der Waals surface area contributed by atoms with Crippen LogP contribution in [0.4, 0.5) is 5.69 Å². The van der Waals surface area contributed by atoms with E-state index >= 15 is 0 Å². The summed E-state index contributed by atoms with van der Waals surface area (Å²) >= 11 is 0. The fraction of sp³-hybridized carbons (Fsp3) is 0.567. The fourth-order valence-electron chi connectivity index (χ4n) is 8.21. The predicted molar refractivity (Wildman–Crippen MR) is 144 cm³/mol. The Labute approximate surface area is 215 Å². The summed E-state index contributed by atoms with van der Waals surface area (Å²) in [6.45, 7) is 1.74. The number of aryl methyl sites for hydroxylation is 2. The fourth-order valence-corrected chi connectivity index (χ4v) is 9.06. The van der Waals surface area contributed by atoms with Gasteiger partial charge in [-0.15, -0.1) is 0 Å². The normalized spacial score (nSPS) is 29.1. The minimum absolute atomic E-state index is 0.178. The molecule has 0 aromatic heterocycles. The lowest BCUT2D eigenvalue weighted by Gasteiger charge is -2.57. The van der Waals surface area contributed by atoms with Gasteiger partial charge in [0.15, 0.2) is 0 Å². The lowest BCUT2D eigenvalue weighted by molar-refractivity contribution is -0.120. The third-order valence-corrected chi connectivity index (χ3v) is 10.6. The van der Waals surface area contributed by atoms with Crippen LogP contribution in [0.3, 0.4) is 0 Å². The van der Waals surface area contributed by atoms with Crippen molar-refractivity contribution in [2.75, 3.05) is 17.1 Å². The van der Waals surface area contributed by atoms with Crippen LogP contribution in [0.5, 0.6) is 0 Å². The summed E-state index contributed by atoms with van der Waals surface area (Å²) in [5.74, 6) is 2.29. The van der Waals surface area contributed by atoms with Gasteiger partial charge in [-0.05, 0) is 122 Å². The van der Waals surface area contributed by atoms with Crippen LogP contribution in [0.2, 0.25) is 0 Å². The molecule has 7 rings (SSSR count). The molecule has 4 saturated carbocycles. The number of nitrogens with one attached hydrogen (secondary N) is 1. The molecule has 1 atom stereocenters. The maximum atomic E-state index is 13.0. The third kappa shape index (κ3) is 4.46. The minimum atomic E-state index is -3.61. The van der Waals surface area contributed by atoms with E-state index in [1.165, 1.54) is 72.2 Å². The molecule has 2 aromatic rings. The minimum Gasteiger partial charge on any atom is -0.348 e. The van der Waals surface area contributed by atoms with Crippen molar-refractivity contribution in [1.29, 1.82) is 0 Å². The Morgan fingerprint density at radius 1 is 0.972 bits per heavy atom. The Bertz CT molecular complexity index is 1230. The van der Waals surface area contributed by atoms with Crippen LogP contribution in [-0.4, -0.2) is 27.1 Å². The standard InChI is InChI=1S/C30H38N2O3S/c1-20(25-7-6-24-4-3-5-26(24)15-25)31-29(33)19-32(36(2,34)35)28-10-8-27(9-11-28)30-16-21-12-22(17-30)14-23(13-21)18-30/h6-11,15,20-23H,3-5,12-14,16-19H2,1-2H3,(H,31,33). The number of nitrogens with zero attached hydrogens (tertiary/aromatic N) is 1. The van der Waals surface area contributed by atoms with Crippen molar-refractivity contribution in [3.8, 4) is 0 Å². The summed E-state index contributed by atoms with van der Waals surface area (Å²) < 4.78 is 26.6. The smallest absolute Gasteiger partial charge is 0.241 e. The zero-order valence-corrected chi connectivity index (χ0v) is 22.3. The molecular formula is C30H38N2O3S. The molecule has 1 amide bonds. The largest absolute Gasteiger partial charge is 0.348 e. The van der Waals surface area contributed by atoms with E-state index in [2.05, 4.69) is 35.6 Å². The third-order valence-electron chi connectivity index (χ3n) is 9.49. The van der Waals surface area contributed by atoms with E-state index in [1.807, 2.05) is 19.1 Å². The Hall–Kier alpha value is -2.34. The van der Waals surface area contributed by atoms with E-state index in [9.17, 15) is 13.2 Å². The molecule has 6 heteroatoms. The van der Waals surface area contributed by atoms with E-state index in [-0.39, 0.29) is 23.9 Å². The number of anilines is 1. The average molecular weight is 507 g/mol. The molecule has 0 heterocycles. The molecule has 5 aliphatic rings. The predicted octanol–water partition coefficient (Wildman–Crippen LogP) is 5.29. The lowest BCUT2D eigenvalue weighted by Crippen LogP contribution is -2.48. The first-order valence-electron chi connectivity index (χ1n) is 13.7. The van der Waals surface area contributed by atoms with E-state index in [4.69, 9.17) is 0 Å². The summed E-state index contributed by atoms with van der Waals surface area (Å²) in [5, 5.41) is 3.02. The molecule has 4 fully saturated rings. The highest BCUT2D eigenvalue weighted by atomic mass is 32.2. The first-order valence-corrected chi connectivity index (χ1v) is 15.5. The molecule has 4 bridgehead atoms. The Kier molecular flexibility index (Phi) is 5.94. The highest BCUT2D eigenvalue weighted by Crippen LogP contribution is 2.60. The molecule has 0 radical (unpaired) electrons. The zero-order valence-electron chi connectivity index (χ0n) is 21.5. The highest BCUT2D eigenvalue weighted by Gasteiger charge is 2.51. The zero-order chi connectivity index (χ0) is 25.1. The van der Waals surface area contributed by atoms with Gasteiger partial charge in [0.2, 0.25) is 15.9 Å². The average Bonchev–Trinajstić information content (AvgIpc) is 3.29. The maximum Gasteiger partial charge on any atom is 0.241 e. The van der Waals surface area contributed by atoms with E-state index in [1.54, 1.807) is 0 Å². The van der Waals surface area contributed by atoms with Gasteiger partial charge < -0.3 is 5.32 Å². The van der Waals surface area contributed by atoms with Gasteiger partial charge in [0.1, 0.15) is 6.54 Å².